The van der Waals surface area contributed by atoms with E-state index in [1.165, 1.54) is 0 Å². The minimum atomic E-state index is 0.472. The molecule has 0 aliphatic carbocycles. The molecule has 13 heavy (non-hydrogen) atoms. The Morgan fingerprint density at radius 2 is 2.23 bits per heavy atom. The fraction of sp³-hybridized carbons (Fsp3) is 0. The van der Waals surface area contributed by atoms with Crippen LogP contribution in [0, 0.1) is 0 Å². The van der Waals surface area contributed by atoms with E-state index >= 15 is 0 Å². The highest BCUT2D eigenvalue weighted by Crippen LogP contribution is 2.28. The van der Waals surface area contributed by atoms with Crippen LogP contribution in [0.4, 0.5) is 0 Å². The molecule has 0 aromatic carbocycles. The van der Waals surface area contributed by atoms with Gasteiger partial charge < -0.3 is 0 Å². The first-order chi connectivity index (χ1) is 6.27. The molecule has 0 aliphatic heterocycles. The molecule has 0 spiro atoms. The maximum Gasteiger partial charge on any atom is 0.129 e. The molecule has 2 heterocycles. The predicted octanol–water partition coefficient (Wildman–Crippen LogP) is 2.89. The number of halogens is 2. The Morgan fingerprint density at radius 3 is 2.92 bits per heavy atom. The predicted molar refractivity (Wildman–Crippen MR) is 54.5 cm³/mol. The lowest BCUT2D eigenvalue weighted by Crippen LogP contribution is -1.80. The molecule has 0 saturated carbocycles. The van der Waals surface area contributed by atoms with E-state index in [9.17, 15) is 0 Å². The van der Waals surface area contributed by atoms with E-state index in [-0.39, 0.29) is 0 Å². The summed E-state index contributed by atoms with van der Waals surface area (Å²) in [6.45, 7) is 0. The van der Waals surface area contributed by atoms with E-state index in [1.54, 1.807) is 24.7 Å². The van der Waals surface area contributed by atoms with Crippen LogP contribution < -0.4 is 0 Å². The highest BCUT2D eigenvalue weighted by molar-refractivity contribution is 9.10. The third-order valence-corrected chi connectivity index (χ3v) is 2.47. The topological polar surface area (TPSA) is 41.6 Å². The van der Waals surface area contributed by atoms with Gasteiger partial charge in [-0.05, 0) is 22.0 Å². The number of nitrogens with one attached hydrogen (secondary N) is 1. The molecule has 2 aromatic rings. The third-order valence-electron chi connectivity index (χ3n) is 1.63. The number of aromatic amines is 1. The van der Waals surface area contributed by atoms with Crippen LogP contribution in [0.5, 0.6) is 0 Å². The second kappa shape index (κ2) is 3.47. The Labute approximate surface area is 88.3 Å². The normalized spacial score (nSPS) is 10.3. The monoisotopic (exact) mass is 257 g/mol. The average molecular weight is 259 g/mol. The molecule has 66 valence electrons. The number of rotatable bonds is 1. The molecule has 1 N–H and O–H groups in total. The fourth-order valence-electron chi connectivity index (χ4n) is 1.03. The Kier molecular flexibility index (Phi) is 2.33. The van der Waals surface area contributed by atoms with Gasteiger partial charge in [0.25, 0.3) is 0 Å². The summed E-state index contributed by atoms with van der Waals surface area (Å²) in [6.07, 6.45) is 5.21. The number of pyridine rings is 1. The van der Waals surface area contributed by atoms with Gasteiger partial charge in [-0.3, -0.25) is 5.10 Å². The van der Waals surface area contributed by atoms with Gasteiger partial charge in [-0.25, -0.2) is 4.98 Å². The molecule has 2 aromatic heterocycles. The zero-order valence-corrected chi connectivity index (χ0v) is 8.80. The lowest BCUT2D eigenvalue weighted by Gasteiger charge is -2.00. The van der Waals surface area contributed by atoms with Crippen molar-refractivity contribution in [3.63, 3.8) is 0 Å². The molecular weight excluding hydrogens is 253 g/mol. The van der Waals surface area contributed by atoms with E-state index < -0.39 is 0 Å². The van der Waals surface area contributed by atoms with Gasteiger partial charge in [0.2, 0.25) is 0 Å². The fourth-order valence-corrected chi connectivity index (χ4v) is 1.64. The second-order valence-electron chi connectivity index (χ2n) is 2.47. The van der Waals surface area contributed by atoms with Gasteiger partial charge in [0.05, 0.1) is 6.20 Å². The molecule has 5 heteroatoms. The number of hydrogen-bond acceptors (Lipinski definition) is 2. The maximum atomic E-state index is 5.77. The zero-order chi connectivity index (χ0) is 9.26. The molecule has 0 saturated heterocycles. The Hall–Kier alpha value is -0.870. The Balaban J connectivity index is 2.57. The van der Waals surface area contributed by atoms with Crippen LogP contribution in [0.2, 0.25) is 5.15 Å². The number of nitrogens with zero attached hydrogens (tertiary/aromatic N) is 2. The molecule has 3 nitrogen and oxygen atoms in total. The van der Waals surface area contributed by atoms with Gasteiger partial charge in [0.1, 0.15) is 5.15 Å². The SMILES string of the molecule is Clc1cc(-c2cn[nH]c2)c(Br)cn1. The molecule has 0 radical (unpaired) electrons. The summed E-state index contributed by atoms with van der Waals surface area (Å²) in [7, 11) is 0. The van der Waals surface area contributed by atoms with Crippen LogP contribution >= 0.6 is 27.5 Å². The van der Waals surface area contributed by atoms with Crippen LogP contribution in [-0.4, -0.2) is 15.2 Å². The van der Waals surface area contributed by atoms with Crippen molar-refractivity contribution in [2.75, 3.05) is 0 Å². The summed E-state index contributed by atoms with van der Waals surface area (Å²) in [5.41, 5.74) is 1.96. The van der Waals surface area contributed by atoms with Gasteiger partial charge in [0.15, 0.2) is 0 Å². The molecule has 0 bridgehead atoms. The maximum absolute atomic E-state index is 5.77. The van der Waals surface area contributed by atoms with Gasteiger partial charge in [-0.1, -0.05) is 11.6 Å². The summed E-state index contributed by atoms with van der Waals surface area (Å²) in [4.78, 5) is 3.94. The van der Waals surface area contributed by atoms with Gasteiger partial charge in [0, 0.05) is 28.0 Å². The van der Waals surface area contributed by atoms with E-state index in [1.807, 2.05) is 0 Å². The average Bonchev–Trinajstić information content (AvgIpc) is 2.61. The van der Waals surface area contributed by atoms with Crippen molar-refractivity contribution in [1.29, 1.82) is 0 Å². The third kappa shape index (κ3) is 1.73. The molecule has 0 unspecified atom stereocenters. The van der Waals surface area contributed by atoms with Crippen molar-refractivity contribution >= 4 is 27.5 Å². The second-order valence-corrected chi connectivity index (χ2v) is 3.72. The van der Waals surface area contributed by atoms with Crippen molar-refractivity contribution < 1.29 is 0 Å². The number of aromatic nitrogens is 3. The van der Waals surface area contributed by atoms with Crippen LogP contribution in [0.25, 0.3) is 11.1 Å². The van der Waals surface area contributed by atoms with E-state index in [0.29, 0.717) is 5.15 Å². The van der Waals surface area contributed by atoms with Crippen molar-refractivity contribution in [1.82, 2.24) is 15.2 Å². The first kappa shape index (κ1) is 8.72. The summed E-state index contributed by atoms with van der Waals surface area (Å²) < 4.78 is 0.901. The Bertz CT molecular complexity index is 413. The van der Waals surface area contributed by atoms with Crippen LogP contribution in [0.3, 0.4) is 0 Å². The van der Waals surface area contributed by atoms with Crippen molar-refractivity contribution in [2.45, 2.75) is 0 Å². The minimum absolute atomic E-state index is 0.472. The highest BCUT2D eigenvalue weighted by atomic mass is 79.9. The number of H-pyrrole nitrogens is 1. The van der Waals surface area contributed by atoms with E-state index in [2.05, 4.69) is 31.1 Å². The van der Waals surface area contributed by atoms with E-state index in [4.69, 9.17) is 11.6 Å². The lowest BCUT2D eigenvalue weighted by molar-refractivity contribution is 1.09. The first-order valence-electron chi connectivity index (χ1n) is 3.57. The first-order valence-corrected chi connectivity index (χ1v) is 4.74. The van der Waals surface area contributed by atoms with Gasteiger partial charge in [-0.2, -0.15) is 5.10 Å². The van der Waals surface area contributed by atoms with Crippen molar-refractivity contribution in [3.05, 3.63) is 34.3 Å². The van der Waals surface area contributed by atoms with Crippen molar-refractivity contribution in [2.24, 2.45) is 0 Å². The summed E-state index contributed by atoms with van der Waals surface area (Å²) in [5, 5.41) is 7.07. The largest absolute Gasteiger partial charge is 0.285 e. The van der Waals surface area contributed by atoms with Crippen molar-refractivity contribution in [3.8, 4) is 11.1 Å². The highest BCUT2D eigenvalue weighted by Gasteiger charge is 2.04. The van der Waals surface area contributed by atoms with Gasteiger partial charge >= 0.3 is 0 Å². The summed E-state index contributed by atoms with van der Waals surface area (Å²) in [6, 6.07) is 1.79. The molecule has 0 amide bonds. The standard InChI is InChI=1S/C8H5BrClN3/c9-7-4-11-8(10)1-6(7)5-2-12-13-3-5/h1-4H,(H,12,13). The summed E-state index contributed by atoms with van der Waals surface area (Å²) in [5.74, 6) is 0. The molecular formula is C8H5BrClN3. The molecule has 0 fully saturated rings. The van der Waals surface area contributed by atoms with E-state index in [0.717, 1.165) is 15.6 Å². The minimum Gasteiger partial charge on any atom is -0.285 e. The van der Waals surface area contributed by atoms with Gasteiger partial charge in [-0.15, -0.1) is 0 Å². The molecule has 0 atom stereocenters. The zero-order valence-electron chi connectivity index (χ0n) is 6.46. The summed E-state index contributed by atoms with van der Waals surface area (Å²) >= 11 is 9.16. The smallest absolute Gasteiger partial charge is 0.129 e. The van der Waals surface area contributed by atoms with Crippen LogP contribution in [0.1, 0.15) is 0 Å². The molecule has 0 aliphatic rings. The quantitative estimate of drug-likeness (QED) is 0.799. The van der Waals surface area contributed by atoms with Crippen LogP contribution in [0.15, 0.2) is 29.1 Å². The number of hydrogen-bond donors (Lipinski definition) is 1. The lowest BCUT2D eigenvalue weighted by atomic mass is 10.1. The molecule has 2 rings (SSSR count). The van der Waals surface area contributed by atoms with Crippen LogP contribution in [-0.2, 0) is 0 Å². The Morgan fingerprint density at radius 1 is 1.38 bits per heavy atom.